The third-order valence-corrected chi connectivity index (χ3v) is 3.62. The van der Waals surface area contributed by atoms with Crippen LogP contribution in [0.3, 0.4) is 0 Å². The second kappa shape index (κ2) is 5.50. The van der Waals surface area contributed by atoms with Gasteiger partial charge in [0.1, 0.15) is 0 Å². The van der Waals surface area contributed by atoms with Crippen molar-refractivity contribution in [1.29, 1.82) is 0 Å². The lowest BCUT2D eigenvalue weighted by Crippen LogP contribution is -2.36. The maximum atomic E-state index is 10.9. The van der Waals surface area contributed by atoms with E-state index in [9.17, 15) is 9.90 Å². The first-order valence-corrected chi connectivity index (χ1v) is 6.39. The van der Waals surface area contributed by atoms with Crippen molar-refractivity contribution in [3.05, 3.63) is 29.8 Å². The van der Waals surface area contributed by atoms with Crippen molar-refractivity contribution in [2.24, 2.45) is 11.7 Å². The fourth-order valence-corrected chi connectivity index (χ4v) is 2.26. The van der Waals surface area contributed by atoms with Crippen LogP contribution in [0.15, 0.2) is 24.3 Å². The lowest BCUT2D eigenvalue weighted by atomic mass is 9.77. The summed E-state index contributed by atoms with van der Waals surface area (Å²) in [6.07, 6.45) is 2.86. The van der Waals surface area contributed by atoms with Crippen LogP contribution in [0.2, 0.25) is 0 Å². The molecule has 2 atom stereocenters. The minimum atomic E-state index is -0.467. The van der Waals surface area contributed by atoms with Crippen LogP contribution in [0.5, 0.6) is 0 Å². The summed E-state index contributed by atoms with van der Waals surface area (Å²) in [5.74, 6) is 0.247. The van der Waals surface area contributed by atoms with Gasteiger partial charge in [-0.2, -0.15) is 0 Å². The van der Waals surface area contributed by atoms with Crippen LogP contribution in [-0.4, -0.2) is 17.1 Å². The summed E-state index contributed by atoms with van der Waals surface area (Å²) in [6, 6.07) is 6.99. The molecule has 0 heterocycles. The summed E-state index contributed by atoms with van der Waals surface area (Å²) in [5.41, 5.74) is 7.72. The van der Waals surface area contributed by atoms with Crippen molar-refractivity contribution in [2.75, 3.05) is 5.32 Å². The molecule has 4 N–H and O–H groups in total. The van der Waals surface area contributed by atoms with Crippen molar-refractivity contribution in [3.8, 4) is 0 Å². The van der Waals surface area contributed by atoms with Crippen molar-refractivity contribution < 1.29 is 9.90 Å². The normalized spacial score (nSPS) is 18.8. The molecule has 4 nitrogen and oxygen atoms in total. The van der Waals surface area contributed by atoms with Crippen molar-refractivity contribution in [1.82, 2.24) is 0 Å². The molecular formula is C14H20N2O2. The highest BCUT2D eigenvalue weighted by atomic mass is 16.3. The highest BCUT2D eigenvalue weighted by molar-refractivity contribution is 5.88. The van der Waals surface area contributed by atoms with Crippen LogP contribution >= 0.6 is 0 Å². The first kappa shape index (κ1) is 13.1. The molecule has 4 heteroatoms. The van der Waals surface area contributed by atoms with Crippen LogP contribution in [-0.2, 0) is 4.79 Å². The Kier molecular flexibility index (Phi) is 3.99. The number of nitrogens with one attached hydrogen (secondary N) is 1. The Morgan fingerprint density at radius 2 is 2.00 bits per heavy atom. The zero-order valence-electron chi connectivity index (χ0n) is 10.6. The highest BCUT2D eigenvalue weighted by Gasteiger charge is 2.30. The molecule has 1 fully saturated rings. The van der Waals surface area contributed by atoms with Crippen molar-refractivity contribution in [2.45, 2.75) is 38.3 Å². The minimum absolute atomic E-state index is 0.0958. The summed E-state index contributed by atoms with van der Waals surface area (Å²) in [6.45, 7) is 1.47. The number of nitrogens with two attached hydrogens (primary N) is 1. The topological polar surface area (TPSA) is 75.4 Å². The molecule has 0 saturated heterocycles. The molecule has 1 aromatic carbocycles. The fourth-order valence-electron chi connectivity index (χ4n) is 2.26. The van der Waals surface area contributed by atoms with Gasteiger partial charge in [-0.25, -0.2) is 0 Å². The zero-order valence-corrected chi connectivity index (χ0v) is 10.6. The largest absolute Gasteiger partial charge is 0.391 e. The number of aliphatic hydroxyl groups excluding tert-OH is 1. The van der Waals surface area contributed by atoms with Gasteiger partial charge in [-0.1, -0.05) is 18.6 Å². The summed E-state index contributed by atoms with van der Waals surface area (Å²) in [7, 11) is 0. The molecule has 1 amide bonds. The lowest BCUT2D eigenvalue weighted by Gasteiger charge is -2.33. The molecular weight excluding hydrogens is 228 g/mol. The molecule has 1 saturated carbocycles. The second-order valence-corrected chi connectivity index (χ2v) is 5.01. The SMILES string of the molecule is CC(=O)Nc1ccc([C@@H](N)[C@@H](O)C2CCC2)cc1. The fraction of sp³-hybridized carbons (Fsp3) is 0.500. The molecule has 0 unspecified atom stereocenters. The Morgan fingerprint density at radius 1 is 1.39 bits per heavy atom. The first-order chi connectivity index (χ1) is 8.58. The van der Waals surface area contributed by atoms with E-state index in [1.807, 2.05) is 24.3 Å². The highest BCUT2D eigenvalue weighted by Crippen LogP contribution is 2.34. The van der Waals surface area contributed by atoms with Gasteiger partial charge < -0.3 is 16.2 Å². The summed E-state index contributed by atoms with van der Waals surface area (Å²) >= 11 is 0. The van der Waals surface area contributed by atoms with Gasteiger partial charge in [0.15, 0.2) is 0 Å². The average molecular weight is 248 g/mol. The van der Waals surface area contributed by atoms with Crippen molar-refractivity contribution >= 4 is 11.6 Å². The Hall–Kier alpha value is -1.39. The minimum Gasteiger partial charge on any atom is -0.391 e. The quantitative estimate of drug-likeness (QED) is 0.760. The van der Waals surface area contributed by atoms with E-state index in [0.29, 0.717) is 5.92 Å². The molecule has 1 aromatic rings. The summed E-state index contributed by atoms with van der Waals surface area (Å²) in [5, 5.41) is 12.8. The Morgan fingerprint density at radius 3 is 2.44 bits per heavy atom. The zero-order chi connectivity index (χ0) is 13.1. The van der Waals surface area contributed by atoms with Gasteiger partial charge >= 0.3 is 0 Å². The number of carbonyl (C=O) groups excluding carboxylic acids is 1. The van der Waals surface area contributed by atoms with Gasteiger partial charge in [-0.3, -0.25) is 4.79 Å². The summed E-state index contributed by atoms with van der Waals surface area (Å²) < 4.78 is 0. The molecule has 0 radical (unpaired) electrons. The number of aliphatic hydroxyl groups is 1. The van der Waals surface area contributed by atoms with Crippen LogP contribution in [0.25, 0.3) is 0 Å². The number of amides is 1. The van der Waals surface area contributed by atoms with E-state index < -0.39 is 6.10 Å². The monoisotopic (exact) mass is 248 g/mol. The predicted octanol–water partition coefficient (Wildman–Crippen LogP) is 1.81. The molecule has 98 valence electrons. The molecule has 0 aliphatic heterocycles. The molecule has 1 aliphatic rings. The smallest absolute Gasteiger partial charge is 0.221 e. The Balaban J connectivity index is 2.01. The second-order valence-electron chi connectivity index (χ2n) is 5.01. The number of hydrogen-bond acceptors (Lipinski definition) is 3. The maximum absolute atomic E-state index is 10.9. The number of benzene rings is 1. The Bertz CT molecular complexity index is 412. The van der Waals surface area contributed by atoms with Crippen LogP contribution < -0.4 is 11.1 Å². The molecule has 18 heavy (non-hydrogen) atoms. The first-order valence-electron chi connectivity index (χ1n) is 6.39. The van der Waals surface area contributed by atoms with Crippen LogP contribution in [0, 0.1) is 5.92 Å². The number of rotatable bonds is 4. The van der Waals surface area contributed by atoms with E-state index in [1.54, 1.807) is 0 Å². The molecule has 1 aliphatic carbocycles. The van der Waals surface area contributed by atoms with Gasteiger partial charge in [0.25, 0.3) is 0 Å². The maximum Gasteiger partial charge on any atom is 0.221 e. The lowest BCUT2D eigenvalue weighted by molar-refractivity contribution is -0.114. The van der Waals surface area contributed by atoms with E-state index in [0.717, 1.165) is 24.1 Å². The molecule has 0 spiro atoms. The van der Waals surface area contributed by atoms with E-state index >= 15 is 0 Å². The number of hydrogen-bond donors (Lipinski definition) is 3. The van der Waals surface area contributed by atoms with Gasteiger partial charge in [-0.15, -0.1) is 0 Å². The molecule has 2 rings (SSSR count). The molecule has 0 bridgehead atoms. The van der Waals surface area contributed by atoms with Crippen molar-refractivity contribution in [3.63, 3.8) is 0 Å². The third-order valence-electron chi connectivity index (χ3n) is 3.62. The number of anilines is 1. The van der Waals surface area contributed by atoms with Crippen LogP contribution in [0.4, 0.5) is 5.69 Å². The predicted molar refractivity (Wildman–Crippen MR) is 71.0 cm³/mol. The van der Waals surface area contributed by atoms with E-state index in [2.05, 4.69) is 5.32 Å². The van der Waals surface area contributed by atoms with E-state index in [4.69, 9.17) is 5.73 Å². The van der Waals surface area contributed by atoms with E-state index in [-0.39, 0.29) is 11.9 Å². The number of carbonyl (C=O) groups is 1. The standard InChI is InChI=1S/C14H20N2O2/c1-9(17)16-12-7-5-10(6-8-12)13(15)14(18)11-3-2-4-11/h5-8,11,13-14,18H,2-4,15H2,1H3,(H,16,17)/t13-,14+/m1/s1. The average Bonchev–Trinajstić information content (AvgIpc) is 2.26. The van der Waals surface area contributed by atoms with E-state index in [1.165, 1.54) is 13.3 Å². The molecule has 0 aromatic heterocycles. The van der Waals surface area contributed by atoms with Gasteiger partial charge in [0, 0.05) is 12.6 Å². The van der Waals surface area contributed by atoms with Gasteiger partial charge in [0.2, 0.25) is 5.91 Å². The Labute approximate surface area is 107 Å². The summed E-state index contributed by atoms with van der Waals surface area (Å²) in [4.78, 5) is 10.9. The third kappa shape index (κ3) is 2.89. The van der Waals surface area contributed by atoms with Gasteiger partial charge in [-0.05, 0) is 36.5 Å². The van der Waals surface area contributed by atoms with Crippen LogP contribution in [0.1, 0.15) is 37.8 Å². The van der Waals surface area contributed by atoms with Gasteiger partial charge in [0.05, 0.1) is 12.1 Å².